The van der Waals surface area contributed by atoms with Gasteiger partial charge in [0.1, 0.15) is 5.75 Å². The number of carbonyl (C=O) groups excluding carboxylic acids is 2. The molecule has 0 saturated carbocycles. The number of amides is 1. The Morgan fingerprint density at radius 1 is 1.07 bits per heavy atom. The number of halogens is 2. The fourth-order valence-electron chi connectivity index (χ4n) is 2.51. The number of ether oxygens (including phenoxy) is 2. The zero-order valence-electron chi connectivity index (χ0n) is 13.9. The monoisotopic (exact) mass is 372 g/mol. The first-order chi connectivity index (χ1) is 12.9. The van der Waals surface area contributed by atoms with Gasteiger partial charge in [0.05, 0.1) is 16.8 Å². The maximum atomic E-state index is 12.4. The van der Waals surface area contributed by atoms with Crippen molar-refractivity contribution in [3.8, 4) is 17.0 Å². The van der Waals surface area contributed by atoms with Gasteiger partial charge in [-0.1, -0.05) is 18.2 Å². The Hall–Kier alpha value is -3.55. The highest BCUT2D eigenvalue weighted by molar-refractivity contribution is 6.05. The maximum Gasteiger partial charge on any atom is 0.387 e. The van der Waals surface area contributed by atoms with E-state index in [1.54, 1.807) is 36.4 Å². The van der Waals surface area contributed by atoms with Crippen LogP contribution in [0.3, 0.4) is 0 Å². The molecule has 138 valence electrons. The van der Waals surface area contributed by atoms with Gasteiger partial charge in [-0.05, 0) is 36.4 Å². The molecular weight excluding hydrogens is 358 g/mol. The van der Waals surface area contributed by atoms with Crippen LogP contribution < -0.4 is 10.5 Å². The average molecular weight is 372 g/mol. The summed E-state index contributed by atoms with van der Waals surface area (Å²) in [5.74, 6) is -1.47. The molecule has 3 rings (SSSR count). The normalized spacial score (nSPS) is 10.8. The Labute approximate surface area is 152 Å². The van der Waals surface area contributed by atoms with Crippen LogP contribution in [0.15, 0.2) is 54.6 Å². The number of pyridine rings is 1. The lowest BCUT2D eigenvalue weighted by Crippen LogP contribution is -2.21. The molecule has 0 fully saturated rings. The minimum atomic E-state index is -2.92. The molecule has 27 heavy (non-hydrogen) atoms. The number of para-hydroxylation sites is 1. The molecule has 2 aromatic carbocycles. The second-order valence-electron chi connectivity index (χ2n) is 5.52. The van der Waals surface area contributed by atoms with E-state index in [1.807, 2.05) is 0 Å². The van der Waals surface area contributed by atoms with Gasteiger partial charge >= 0.3 is 12.6 Å². The summed E-state index contributed by atoms with van der Waals surface area (Å²) in [7, 11) is 0. The number of hydrogen-bond acceptors (Lipinski definition) is 5. The summed E-state index contributed by atoms with van der Waals surface area (Å²) in [6, 6.07) is 14.3. The highest BCUT2D eigenvalue weighted by atomic mass is 19.3. The zero-order chi connectivity index (χ0) is 19.4. The Balaban J connectivity index is 2.01. The van der Waals surface area contributed by atoms with Gasteiger partial charge < -0.3 is 15.2 Å². The van der Waals surface area contributed by atoms with Gasteiger partial charge in [0.15, 0.2) is 6.61 Å². The first kappa shape index (κ1) is 18.2. The molecule has 0 radical (unpaired) electrons. The summed E-state index contributed by atoms with van der Waals surface area (Å²) in [6.45, 7) is -3.45. The number of primary amides is 1. The molecule has 0 bridgehead atoms. The van der Waals surface area contributed by atoms with Crippen molar-refractivity contribution in [3.05, 3.63) is 60.2 Å². The van der Waals surface area contributed by atoms with Gasteiger partial charge in [0, 0.05) is 10.9 Å². The van der Waals surface area contributed by atoms with Gasteiger partial charge in [-0.2, -0.15) is 8.78 Å². The summed E-state index contributed by atoms with van der Waals surface area (Å²) >= 11 is 0. The Morgan fingerprint density at radius 2 is 1.78 bits per heavy atom. The van der Waals surface area contributed by atoms with E-state index < -0.39 is 25.1 Å². The highest BCUT2D eigenvalue weighted by Crippen LogP contribution is 2.27. The van der Waals surface area contributed by atoms with Crippen LogP contribution in [0.5, 0.6) is 5.75 Å². The smallest absolute Gasteiger partial charge is 0.387 e. The van der Waals surface area contributed by atoms with Crippen molar-refractivity contribution < 1.29 is 27.8 Å². The predicted molar refractivity (Wildman–Crippen MR) is 93.3 cm³/mol. The molecule has 1 amide bonds. The molecule has 3 aromatic rings. The van der Waals surface area contributed by atoms with E-state index >= 15 is 0 Å². The van der Waals surface area contributed by atoms with Crippen molar-refractivity contribution >= 4 is 22.8 Å². The zero-order valence-corrected chi connectivity index (χ0v) is 13.9. The van der Waals surface area contributed by atoms with Gasteiger partial charge in [0.2, 0.25) is 0 Å². The minimum Gasteiger partial charge on any atom is -0.452 e. The quantitative estimate of drug-likeness (QED) is 0.671. The Morgan fingerprint density at radius 3 is 2.44 bits per heavy atom. The van der Waals surface area contributed by atoms with Crippen molar-refractivity contribution in [1.29, 1.82) is 0 Å². The number of hydrogen-bond donors (Lipinski definition) is 1. The highest BCUT2D eigenvalue weighted by Gasteiger charge is 2.16. The fraction of sp³-hybridized carbons (Fsp3) is 0.105. The summed E-state index contributed by atoms with van der Waals surface area (Å²) < 4.78 is 33.8. The molecule has 0 saturated heterocycles. The summed E-state index contributed by atoms with van der Waals surface area (Å²) in [5, 5.41) is 0.549. The van der Waals surface area contributed by atoms with Crippen LogP contribution in [0.2, 0.25) is 0 Å². The number of alkyl halides is 2. The molecule has 0 unspecified atom stereocenters. The maximum absolute atomic E-state index is 12.4. The van der Waals surface area contributed by atoms with E-state index in [0.717, 1.165) is 0 Å². The van der Waals surface area contributed by atoms with E-state index in [0.29, 0.717) is 22.2 Å². The van der Waals surface area contributed by atoms with E-state index in [9.17, 15) is 18.4 Å². The largest absolute Gasteiger partial charge is 0.452 e. The fourth-order valence-corrected chi connectivity index (χ4v) is 2.51. The first-order valence-corrected chi connectivity index (χ1v) is 7.84. The van der Waals surface area contributed by atoms with E-state index in [4.69, 9.17) is 10.5 Å². The molecule has 6 nitrogen and oxygen atoms in total. The van der Waals surface area contributed by atoms with Crippen LogP contribution in [0, 0.1) is 0 Å². The van der Waals surface area contributed by atoms with Crippen LogP contribution in [-0.4, -0.2) is 30.1 Å². The number of rotatable bonds is 6. The molecule has 0 spiro atoms. The molecule has 0 atom stereocenters. The minimum absolute atomic E-state index is 0.00984. The molecule has 0 aliphatic rings. The predicted octanol–water partition coefficient (Wildman–Crippen LogP) is 3.15. The number of nitrogens with two attached hydrogens (primary N) is 1. The van der Waals surface area contributed by atoms with Crippen molar-refractivity contribution in [2.24, 2.45) is 5.73 Å². The third kappa shape index (κ3) is 4.35. The Kier molecular flexibility index (Phi) is 5.25. The van der Waals surface area contributed by atoms with Gasteiger partial charge in [-0.3, -0.25) is 4.79 Å². The van der Waals surface area contributed by atoms with E-state index in [1.165, 1.54) is 18.2 Å². The number of nitrogens with zero attached hydrogens (tertiary/aromatic N) is 1. The van der Waals surface area contributed by atoms with Crippen molar-refractivity contribution in [3.63, 3.8) is 0 Å². The molecule has 0 aliphatic heterocycles. The average Bonchev–Trinajstić information content (AvgIpc) is 2.65. The van der Waals surface area contributed by atoms with Crippen molar-refractivity contribution in [2.45, 2.75) is 6.61 Å². The van der Waals surface area contributed by atoms with E-state index in [2.05, 4.69) is 9.72 Å². The molecule has 2 N–H and O–H groups in total. The second-order valence-corrected chi connectivity index (χ2v) is 5.52. The molecule has 1 aromatic heterocycles. The van der Waals surface area contributed by atoms with Gasteiger partial charge in [0.25, 0.3) is 5.91 Å². The number of fused-ring (bicyclic) bond motifs is 1. The van der Waals surface area contributed by atoms with Crippen LogP contribution in [0.25, 0.3) is 22.2 Å². The second kappa shape index (κ2) is 7.77. The standard InChI is InChI=1S/C19H14F2N2O4/c20-19(21)27-12-7-5-11(6-8-12)16-9-14(18(25)26-10-17(22)24)13-3-1-2-4-15(13)23-16/h1-9,19H,10H2,(H2,22,24). The number of aromatic nitrogens is 1. The molecule has 8 heteroatoms. The van der Waals surface area contributed by atoms with Crippen LogP contribution in [-0.2, 0) is 9.53 Å². The topological polar surface area (TPSA) is 91.5 Å². The van der Waals surface area contributed by atoms with Crippen molar-refractivity contribution in [1.82, 2.24) is 4.98 Å². The third-order valence-electron chi connectivity index (χ3n) is 3.66. The first-order valence-electron chi connectivity index (χ1n) is 7.84. The van der Waals surface area contributed by atoms with Gasteiger partial charge in [-0.15, -0.1) is 0 Å². The van der Waals surface area contributed by atoms with Crippen LogP contribution >= 0.6 is 0 Å². The molecular formula is C19H14F2N2O4. The SMILES string of the molecule is NC(=O)COC(=O)c1cc(-c2ccc(OC(F)F)cc2)nc2ccccc12. The molecule has 0 aliphatic carbocycles. The van der Waals surface area contributed by atoms with Crippen LogP contribution in [0.1, 0.15) is 10.4 Å². The lowest BCUT2D eigenvalue weighted by atomic mass is 10.0. The summed E-state index contributed by atoms with van der Waals surface area (Å²) in [4.78, 5) is 27.7. The molecule has 1 heterocycles. The number of benzene rings is 2. The summed E-state index contributed by atoms with van der Waals surface area (Å²) in [5.41, 5.74) is 6.78. The van der Waals surface area contributed by atoms with Gasteiger partial charge in [-0.25, -0.2) is 9.78 Å². The number of esters is 1. The third-order valence-corrected chi connectivity index (χ3v) is 3.66. The lowest BCUT2D eigenvalue weighted by molar-refractivity contribution is -0.121. The van der Waals surface area contributed by atoms with Crippen molar-refractivity contribution in [2.75, 3.05) is 6.61 Å². The van der Waals surface area contributed by atoms with E-state index in [-0.39, 0.29) is 11.3 Å². The summed E-state index contributed by atoms with van der Waals surface area (Å²) in [6.07, 6.45) is 0. The lowest BCUT2D eigenvalue weighted by Gasteiger charge is -2.10. The Bertz CT molecular complexity index is 991. The van der Waals surface area contributed by atoms with Crippen LogP contribution in [0.4, 0.5) is 8.78 Å². The number of carbonyl (C=O) groups is 2.